The second-order valence-corrected chi connectivity index (χ2v) is 3.80. The van der Waals surface area contributed by atoms with Crippen LogP contribution in [-0.4, -0.2) is 24.9 Å². The molecule has 0 saturated heterocycles. The lowest BCUT2D eigenvalue weighted by atomic mass is 10.0. The molecule has 2 unspecified atom stereocenters. The molecule has 0 aliphatic heterocycles. The molecular formula is C9H17N3O2. The third-order valence-electron chi connectivity index (χ3n) is 2.68. The highest BCUT2D eigenvalue weighted by Gasteiger charge is 2.28. The van der Waals surface area contributed by atoms with Crippen molar-refractivity contribution in [2.75, 3.05) is 13.1 Å². The van der Waals surface area contributed by atoms with Crippen molar-refractivity contribution in [2.45, 2.75) is 19.3 Å². The van der Waals surface area contributed by atoms with Gasteiger partial charge < -0.3 is 16.8 Å². The molecule has 5 nitrogen and oxygen atoms in total. The van der Waals surface area contributed by atoms with Gasteiger partial charge in [0, 0.05) is 5.92 Å². The van der Waals surface area contributed by atoms with Crippen LogP contribution in [0.2, 0.25) is 0 Å². The van der Waals surface area contributed by atoms with E-state index in [-0.39, 0.29) is 18.4 Å². The molecule has 1 rings (SSSR count). The standard InChI is InChI=1S/C9H17N3O2/c10-4-6-1-2-7(3-6)9(14)12-5-8(11)13/h6-7H,1-5,10H2,(H2,11,13)(H,12,14). The molecule has 1 saturated carbocycles. The summed E-state index contributed by atoms with van der Waals surface area (Å²) in [6, 6.07) is 0. The predicted octanol–water partition coefficient (Wildman–Crippen LogP) is -1.04. The van der Waals surface area contributed by atoms with Gasteiger partial charge in [0.15, 0.2) is 0 Å². The number of rotatable bonds is 4. The van der Waals surface area contributed by atoms with E-state index in [0.29, 0.717) is 12.5 Å². The minimum absolute atomic E-state index is 0.0166. The molecule has 2 atom stereocenters. The van der Waals surface area contributed by atoms with Crippen LogP contribution >= 0.6 is 0 Å². The van der Waals surface area contributed by atoms with E-state index in [2.05, 4.69) is 5.32 Å². The van der Waals surface area contributed by atoms with Crippen LogP contribution in [0.1, 0.15) is 19.3 Å². The van der Waals surface area contributed by atoms with Crippen molar-refractivity contribution in [3.63, 3.8) is 0 Å². The van der Waals surface area contributed by atoms with E-state index in [9.17, 15) is 9.59 Å². The van der Waals surface area contributed by atoms with Gasteiger partial charge in [0.05, 0.1) is 6.54 Å². The lowest BCUT2D eigenvalue weighted by Crippen LogP contribution is -2.36. The molecule has 1 aliphatic carbocycles. The Morgan fingerprint density at radius 3 is 2.57 bits per heavy atom. The summed E-state index contributed by atoms with van der Waals surface area (Å²) in [4.78, 5) is 21.9. The van der Waals surface area contributed by atoms with Crippen molar-refractivity contribution < 1.29 is 9.59 Å². The Morgan fingerprint density at radius 1 is 1.36 bits per heavy atom. The molecule has 5 heteroatoms. The zero-order valence-electron chi connectivity index (χ0n) is 8.16. The summed E-state index contributed by atoms with van der Waals surface area (Å²) in [7, 11) is 0. The molecule has 0 bridgehead atoms. The van der Waals surface area contributed by atoms with E-state index in [1.165, 1.54) is 0 Å². The number of hydrogen-bond acceptors (Lipinski definition) is 3. The summed E-state index contributed by atoms with van der Waals surface area (Å²) in [6.07, 6.45) is 2.71. The molecule has 0 aromatic rings. The Morgan fingerprint density at radius 2 is 2.07 bits per heavy atom. The minimum Gasteiger partial charge on any atom is -0.368 e. The summed E-state index contributed by atoms with van der Waals surface area (Å²) in [6.45, 7) is 0.572. The van der Waals surface area contributed by atoms with E-state index in [1.54, 1.807) is 0 Å². The average Bonchev–Trinajstić information content (AvgIpc) is 2.62. The first-order chi connectivity index (χ1) is 6.63. The molecule has 0 aromatic heterocycles. The monoisotopic (exact) mass is 199 g/mol. The number of amides is 2. The van der Waals surface area contributed by atoms with Crippen molar-refractivity contribution in [1.82, 2.24) is 5.32 Å². The van der Waals surface area contributed by atoms with Gasteiger partial charge in [-0.25, -0.2) is 0 Å². The number of hydrogen-bond donors (Lipinski definition) is 3. The Labute approximate surface area is 83.2 Å². The summed E-state index contributed by atoms with van der Waals surface area (Å²) in [5.74, 6) is -0.103. The summed E-state index contributed by atoms with van der Waals surface area (Å²) < 4.78 is 0. The third-order valence-corrected chi connectivity index (χ3v) is 2.68. The lowest BCUT2D eigenvalue weighted by Gasteiger charge is -2.09. The number of carbonyl (C=O) groups is 2. The summed E-state index contributed by atoms with van der Waals surface area (Å²) in [5.41, 5.74) is 10.4. The van der Waals surface area contributed by atoms with Gasteiger partial charge in [-0.2, -0.15) is 0 Å². The Hall–Kier alpha value is -1.10. The quantitative estimate of drug-likeness (QED) is 0.539. The molecule has 0 spiro atoms. The van der Waals surface area contributed by atoms with Crippen molar-refractivity contribution in [1.29, 1.82) is 0 Å². The van der Waals surface area contributed by atoms with E-state index in [0.717, 1.165) is 19.3 Å². The summed E-state index contributed by atoms with van der Waals surface area (Å²) in [5, 5.41) is 2.51. The van der Waals surface area contributed by atoms with E-state index >= 15 is 0 Å². The van der Waals surface area contributed by atoms with Gasteiger partial charge in [0.1, 0.15) is 0 Å². The van der Waals surface area contributed by atoms with Crippen LogP contribution in [0, 0.1) is 11.8 Å². The van der Waals surface area contributed by atoms with Crippen LogP contribution < -0.4 is 16.8 Å². The maximum Gasteiger partial charge on any atom is 0.236 e. The highest BCUT2D eigenvalue weighted by atomic mass is 16.2. The molecule has 2 amide bonds. The predicted molar refractivity (Wildman–Crippen MR) is 52.1 cm³/mol. The fourth-order valence-electron chi connectivity index (χ4n) is 1.85. The largest absolute Gasteiger partial charge is 0.368 e. The van der Waals surface area contributed by atoms with Crippen LogP contribution in [0.25, 0.3) is 0 Å². The van der Waals surface area contributed by atoms with Gasteiger partial charge >= 0.3 is 0 Å². The molecule has 5 N–H and O–H groups in total. The minimum atomic E-state index is -0.508. The first-order valence-electron chi connectivity index (χ1n) is 4.89. The van der Waals surface area contributed by atoms with Gasteiger partial charge in [0.2, 0.25) is 11.8 Å². The molecule has 80 valence electrons. The lowest BCUT2D eigenvalue weighted by molar-refractivity contribution is -0.127. The highest BCUT2D eigenvalue weighted by Crippen LogP contribution is 2.29. The molecule has 0 radical (unpaired) electrons. The number of carbonyl (C=O) groups excluding carboxylic acids is 2. The Kier molecular flexibility index (Phi) is 3.88. The second kappa shape index (κ2) is 4.95. The third kappa shape index (κ3) is 2.99. The van der Waals surface area contributed by atoms with Crippen LogP contribution in [-0.2, 0) is 9.59 Å². The first-order valence-corrected chi connectivity index (χ1v) is 4.89. The Balaban J connectivity index is 2.28. The van der Waals surface area contributed by atoms with Crippen molar-refractivity contribution in [3.8, 4) is 0 Å². The molecular weight excluding hydrogens is 182 g/mol. The van der Waals surface area contributed by atoms with Crippen LogP contribution in [0.5, 0.6) is 0 Å². The smallest absolute Gasteiger partial charge is 0.236 e. The molecule has 1 aliphatic rings. The Bertz CT molecular complexity index is 230. The van der Waals surface area contributed by atoms with Gasteiger partial charge in [-0.1, -0.05) is 0 Å². The second-order valence-electron chi connectivity index (χ2n) is 3.80. The van der Waals surface area contributed by atoms with E-state index in [4.69, 9.17) is 11.5 Å². The number of primary amides is 1. The molecule has 1 fully saturated rings. The number of nitrogens with one attached hydrogen (secondary N) is 1. The van der Waals surface area contributed by atoms with Gasteiger partial charge in [-0.05, 0) is 31.7 Å². The topological polar surface area (TPSA) is 98.2 Å². The van der Waals surface area contributed by atoms with Gasteiger partial charge in [0.25, 0.3) is 0 Å². The fourth-order valence-corrected chi connectivity index (χ4v) is 1.85. The maximum atomic E-state index is 11.5. The van der Waals surface area contributed by atoms with Crippen LogP contribution in [0.4, 0.5) is 0 Å². The van der Waals surface area contributed by atoms with Crippen LogP contribution in [0.15, 0.2) is 0 Å². The fraction of sp³-hybridized carbons (Fsp3) is 0.778. The van der Waals surface area contributed by atoms with E-state index in [1.807, 2.05) is 0 Å². The molecule has 0 aromatic carbocycles. The SMILES string of the molecule is NCC1CCC(C(=O)NCC(N)=O)C1. The summed E-state index contributed by atoms with van der Waals surface area (Å²) >= 11 is 0. The maximum absolute atomic E-state index is 11.5. The average molecular weight is 199 g/mol. The number of nitrogens with two attached hydrogens (primary N) is 2. The van der Waals surface area contributed by atoms with Crippen LogP contribution in [0.3, 0.4) is 0 Å². The van der Waals surface area contributed by atoms with Gasteiger partial charge in [-0.3, -0.25) is 9.59 Å². The van der Waals surface area contributed by atoms with Crippen molar-refractivity contribution >= 4 is 11.8 Å². The zero-order valence-corrected chi connectivity index (χ0v) is 8.16. The van der Waals surface area contributed by atoms with Crippen molar-refractivity contribution in [2.24, 2.45) is 23.3 Å². The normalized spacial score (nSPS) is 26.1. The molecule has 0 heterocycles. The first kappa shape index (κ1) is 11.0. The van der Waals surface area contributed by atoms with Gasteiger partial charge in [-0.15, -0.1) is 0 Å². The highest BCUT2D eigenvalue weighted by molar-refractivity contribution is 5.85. The molecule has 14 heavy (non-hydrogen) atoms. The zero-order chi connectivity index (χ0) is 10.6. The van der Waals surface area contributed by atoms with E-state index < -0.39 is 5.91 Å². The van der Waals surface area contributed by atoms with Crippen molar-refractivity contribution in [3.05, 3.63) is 0 Å².